The summed E-state index contributed by atoms with van der Waals surface area (Å²) in [4.78, 5) is 23.3. The zero-order valence-corrected chi connectivity index (χ0v) is 14.6. The number of anilines is 2. The Morgan fingerprint density at radius 3 is 2.46 bits per heavy atom. The van der Waals surface area contributed by atoms with Gasteiger partial charge in [-0.1, -0.05) is 28.1 Å². The molecule has 2 amide bonds. The summed E-state index contributed by atoms with van der Waals surface area (Å²) in [6, 6.07) is 14.0. The number of ether oxygens (including phenoxy) is 2. The minimum Gasteiger partial charge on any atom is -0.484 e. The van der Waals surface area contributed by atoms with E-state index in [0.29, 0.717) is 17.1 Å². The fraction of sp³-hybridized carbons (Fsp3) is 0.176. The van der Waals surface area contributed by atoms with E-state index in [4.69, 9.17) is 9.47 Å². The molecule has 0 aliphatic rings. The highest BCUT2D eigenvalue weighted by Gasteiger charge is 2.06. The van der Waals surface area contributed by atoms with Crippen LogP contribution in [0.1, 0.15) is 6.92 Å². The van der Waals surface area contributed by atoms with Gasteiger partial charge in [-0.25, -0.2) is 4.79 Å². The first-order valence-corrected chi connectivity index (χ1v) is 8.08. The molecule has 0 unspecified atom stereocenters. The van der Waals surface area contributed by atoms with Crippen molar-refractivity contribution in [2.45, 2.75) is 6.92 Å². The zero-order chi connectivity index (χ0) is 17.4. The van der Waals surface area contributed by atoms with Gasteiger partial charge in [-0.15, -0.1) is 0 Å². The minimum atomic E-state index is -0.540. The Kier molecular flexibility index (Phi) is 6.62. The van der Waals surface area contributed by atoms with Crippen molar-refractivity contribution in [1.29, 1.82) is 0 Å². The molecule has 0 aliphatic carbocycles. The van der Waals surface area contributed by atoms with Crippen molar-refractivity contribution in [3.8, 4) is 5.75 Å². The molecule has 0 radical (unpaired) electrons. The van der Waals surface area contributed by atoms with Crippen molar-refractivity contribution in [3.05, 3.63) is 53.0 Å². The molecule has 0 aromatic heterocycles. The molecule has 0 spiro atoms. The molecular formula is C17H17BrN2O4. The van der Waals surface area contributed by atoms with Crippen LogP contribution in [0.15, 0.2) is 53.0 Å². The smallest absolute Gasteiger partial charge is 0.411 e. The molecule has 2 rings (SSSR count). The van der Waals surface area contributed by atoms with E-state index in [1.165, 1.54) is 0 Å². The third-order valence-corrected chi connectivity index (χ3v) is 3.33. The van der Waals surface area contributed by atoms with Crippen LogP contribution < -0.4 is 15.4 Å². The molecule has 126 valence electrons. The van der Waals surface area contributed by atoms with Crippen LogP contribution in [0.4, 0.5) is 16.2 Å². The maximum Gasteiger partial charge on any atom is 0.411 e. The van der Waals surface area contributed by atoms with Crippen LogP contribution in [0.25, 0.3) is 0 Å². The van der Waals surface area contributed by atoms with Crippen LogP contribution in [-0.2, 0) is 9.53 Å². The highest BCUT2D eigenvalue weighted by Crippen LogP contribution is 2.18. The number of hydrogen-bond donors (Lipinski definition) is 2. The first-order valence-electron chi connectivity index (χ1n) is 7.29. The highest BCUT2D eigenvalue weighted by molar-refractivity contribution is 9.10. The molecule has 6 nitrogen and oxygen atoms in total. The summed E-state index contributed by atoms with van der Waals surface area (Å²) >= 11 is 3.34. The number of hydrogen-bond acceptors (Lipinski definition) is 4. The van der Waals surface area contributed by atoms with Crippen molar-refractivity contribution in [2.75, 3.05) is 23.8 Å². The lowest BCUT2D eigenvalue weighted by atomic mass is 10.3. The second kappa shape index (κ2) is 8.93. The first-order chi connectivity index (χ1) is 11.6. The molecular weight excluding hydrogens is 376 g/mol. The van der Waals surface area contributed by atoms with Gasteiger partial charge in [0.1, 0.15) is 5.75 Å². The standard InChI is InChI=1S/C17H17BrN2O4/c1-2-23-17(22)20-14-7-4-8-15(10-14)24-11-16(21)19-13-6-3-5-12(18)9-13/h3-10H,2,11H2,1H3,(H,19,21)(H,20,22). The number of amides is 2. The Balaban J connectivity index is 1.87. The van der Waals surface area contributed by atoms with Crippen LogP contribution in [0.5, 0.6) is 5.75 Å². The summed E-state index contributed by atoms with van der Waals surface area (Å²) in [5.41, 5.74) is 1.20. The van der Waals surface area contributed by atoms with Crippen LogP contribution in [0, 0.1) is 0 Å². The maximum absolute atomic E-state index is 11.9. The van der Waals surface area contributed by atoms with Gasteiger partial charge in [0.25, 0.3) is 5.91 Å². The Morgan fingerprint density at radius 2 is 1.75 bits per heavy atom. The summed E-state index contributed by atoms with van der Waals surface area (Å²) in [5.74, 6) is 0.186. The fourth-order valence-corrected chi connectivity index (χ4v) is 2.26. The van der Waals surface area contributed by atoms with E-state index in [1.54, 1.807) is 43.3 Å². The molecule has 0 saturated heterocycles. The monoisotopic (exact) mass is 392 g/mol. The largest absolute Gasteiger partial charge is 0.484 e. The number of halogens is 1. The van der Waals surface area contributed by atoms with Crippen molar-refractivity contribution >= 4 is 39.3 Å². The zero-order valence-electron chi connectivity index (χ0n) is 13.0. The van der Waals surface area contributed by atoms with Gasteiger partial charge in [0.05, 0.1) is 6.61 Å². The normalized spacial score (nSPS) is 9.92. The Bertz CT molecular complexity index is 721. The maximum atomic E-state index is 11.9. The van der Waals surface area contributed by atoms with Crippen molar-refractivity contribution in [3.63, 3.8) is 0 Å². The van der Waals surface area contributed by atoms with Crippen LogP contribution in [0.3, 0.4) is 0 Å². The number of carbonyl (C=O) groups excluding carboxylic acids is 2. The summed E-state index contributed by atoms with van der Waals surface area (Å²) in [6.07, 6.45) is -0.540. The molecule has 0 aliphatic heterocycles. The number of benzene rings is 2. The lowest BCUT2D eigenvalue weighted by molar-refractivity contribution is -0.118. The second-order valence-electron chi connectivity index (χ2n) is 4.72. The number of carbonyl (C=O) groups is 2. The summed E-state index contributed by atoms with van der Waals surface area (Å²) in [5, 5.41) is 5.30. The minimum absolute atomic E-state index is 0.143. The summed E-state index contributed by atoms with van der Waals surface area (Å²) in [6.45, 7) is 1.87. The van der Waals surface area contributed by atoms with Gasteiger partial charge in [0.15, 0.2) is 6.61 Å². The SMILES string of the molecule is CCOC(=O)Nc1cccc(OCC(=O)Nc2cccc(Br)c2)c1. The van der Waals surface area contributed by atoms with Crippen LogP contribution in [-0.4, -0.2) is 25.2 Å². The second-order valence-corrected chi connectivity index (χ2v) is 5.64. The van der Waals surface area contributed by atoms with Crippen LogP contribution in [0.2, 0.25) is 0 Å². The summed E-state index contributed by atoms with van der Waals surface area (Å²) in [7, 11) is 0. The van der Waals surface area contributed by atoms with E-state index in [-0.39, 0.29) is 19.1 Å². The van der Waals surface area contributed by atoms with Crippen LogP contribution >= 0.6 is 15.9 Å². The lowest BCUT2D eigenvalue weighted by Crippen LogP contribution is -2.20. The van der Waals surface area contributed by atoms with Gasteiger partial charge in [-0.3, -0.25) is 10.1 Å². The predicted molar refractivity (Wildman–Crippen MR) is 95.4 cm³/mol. The molecule has 2 N–H and O–H groups in total. The molecule has 24 heavy (non-hydrogen) atoms. The molecule has 0 saturated carbocycles. The molecule has 0 atom stereocenters. The third-order valence-electron chi connectivity index (χ3n) is 2.83. The Labute approximate surface area is 148 Å². The molecule has 0 heterocycles. The predicted octanol–water partition coefficient (Wildman–Crippen LogP) is 4.04. The van der Waals surface area contributed by atoms with E-state index in [9.17, 15) is 9.59 Å². The molecule has 0 fully saturated rings. The third kappa shape index (κ3) is 5.92. The lowest BCUT2D eigenvalue weighted by Gasteiger charge is -2.10. The molecule has 7 heteroatoms. The van der Waals surface area contributed by atoms with E-state index >= 15 is 0 Å². The van der Waals surface area contributed by atoms with Gasteiger partial charge in [0.2, 0.25) is 0 Å². The van der Waals surface area contributed by atoms with Crippen molar-refractivity contribution in [2.24, 2.45) is 0 Å². The van der Waals surface area contributed by atoms with E-state index in [0.717, 1.165) is 4.47 Å². The molecule has 2 aromatic carbocycles. The quantitative estimate of drug-likeness (QED) is 0.777. The van der Waals surface area contributed by atoms with E-state index in [1.807, 2.05) is 12.1 Å². The van der Waals surface area contributed by atoms with Gasteiger partial charge >= 0.3 is 6.09 Å². The average Bonchev–Trinajstić information content (AvgIpc) is 2.53. The van der Waals surface area contributed by atoms with Gasteiger partial charge in [-0.2, -0.15) is 0 Å². The molecule has 0 bridgehead atoms. The first kappa shape index (κ1) is 17.8. The summed E-state index contributed by atoms with van der Waals surface area (Å²) < 4.78 is 11.1. The van der Waals surface area contributed by atoms with E-state index < -0.39 is 6.09 Å². The fourth-order valence-electron chi connectivity index (χ4n) is 1.86. The average molecular weight is 393 g/mol. The van der Waals surface area contributed by atoms with Crippen molar-refractivity contribution in [1.82, 2.24) is 0 Å². The molecule has 2 aromatic rings. The Morgan fingerprint density at radius 1 is 1.04 bits per heavy atom. The Hall–Kier alpha value is -2.54. The van der Waals surface area contributed by atoms with Gasteiger partial charge in [0, 0.05) is 21.9 Å². The topological polar surface area (TPSA) is 76.7 Å². The van der Waals surface area contributed by atoms with Gasteiger partial charge < -0.3 is 14.8 Å². The highest BCUT2D eigenvalue weighted by atomic mass is 79.9. The number of nitrogens with one attached hydrogen (secondary N) is 2. The number of rotatable bonds is 6. The van der Waals surface area contributed by atoms with E-state index in [2.05, 4.69) is 26.6 Å². The van der Waals surface area contributed by atoms with Crippen molar-refractivity contribution < 1.29 is 19.1 Å². The van der Waals surface area contributed by atoms with Gasteiger partial charge in [-0.05, 0) is 37.3 Å².